The van der Waals surface area contributed by atoms with Gasteiger partial charge in [0.15, 0.2) is 0 Å². The zero-order valence-electron chi connectivity index (χ0n) is 13.2. The summed E-state index contributed by atoms with van der Waals surface area (Å²) in [4.78, 5) is 12.3. The lowest BCUT2D eigenvalue weighted by atomic mass is 10.2. The van der Waals surface area contributed by atoms with Crippen molar-refractivity contribution in [2.75, 3.05) is 0 Å². The van der Waals surface area contributed by atoms with Crippen LogP contribution < -0.4 is 5.32 Å². The summed E-state index contributed by atoms with van der Waals surface area (Å²) in [5.74, 6) is -0.437. The van der Waals surface area contributed by atoms with E-state index in [1.807, 2.05) is 20.2 Å². The molecule has 0 bridgehead atoms. The fourth-order valence-corrected chi connectivity index (χ4v) is 2.46. The predicted molar refractivity (Wildman–Crippen MR) is 84.2 cm³/mol. The lowest BCUT2D eigenvalue weighted by Crippen LogP contribution is -2.30. The number of hydrogen-bond donors (Lipinski definition) is 1. The molecule has 0 aliphatic rings. The minimum atomic E-state index is -0.442. The van der Waals surface area contributed by atoms with Gasteiger partial charge < -0.3 is 5.32 Å². The molecule has 1 atom stereocenters. The Hall–Kier alpha value is -2.70. The van der Waals surface area contributed by atoms with E-state index in [0.29, 0.717) is 6.54 Å². The van der Waals surface area contributed by atoms with Crippen LogP contribution in [0, 0.1) is 12.7 Å². The van der Waals surface area contributed by atoms with E-state index in [2.05, 4.69) is 15.5 Å². The molecular weight excluding hydrogens is 297 g/mol. The molecule has 0 spiro atoms. The topological polar surface area (TPSA) is 64.7 Å². The van der Waals surface area contributed by atoms with Crippen LogP contribution in [0.25, 0.3) is 11.0 Å². The second-order valence-electron chi connectivity index (χ2n) is 5.57. The van der Waals surface area contributed by atoms with Crippen LogP contribution in [0.15, 0.2) is 30.5 Å². The number of carbonyl (C=O) groups is 1. The third-order valence-electron chi connectivity index (χ3n) is 3.86. The minimum Gasteiger partial charge on any atom is -0.350 e. The Morgan fingerprint density at radius 1 is 1.30 bits per heavy atom. The standard InChI is InChI=1S/C16H18FN5O/c1-10-15-14(21(3)19-10)9-22(20-15)11(2)16(23)18-8-12-4-6-13(17)7-5-12/h4-7,9,11H,8H2,1-3H3,(H,18,23)/t11-/m0/s1. The van der Waals surface area contributed by atoms with Gasteiger partial charge in [-0.1, -0.05) is 12.1 Å². The highest BCUT2D eigenvalue weighted by Gasteiger charge is 2.18. The van der Waals surface area contributed by atoms with E-state index in [1.165, 1.54) is 12.1 Å². The van der Waals surface area contributed by atoms with Crippen molar-refractivity contribution in [3.8, 4) is 0 Å². The lowest BCUT2D eigenvalue weighted by Gasteiger charge is -2.12. The van der Waals surface area contributed by atoms with E-state index in [-0.39, 0.29) is 11.7 Å². The Morgan fingerprint density at radius 3 is 2.65 bits per heavy atom. The zero-order valence-corrected chi connectivity index (χ0v) is 13.2. The highest BCUT2D eigenvalue weighted by atomic mass is 19.1. The number of hydrogen-bond acceptors (Lipinski definition) is 3. The molecule has 3 aromatic rings. The van der Waals surface area contributed by atoms with Crippen LogP contribution in [0.1, 0.15) is 24.2 Å². The van der Waals surface area contributed by atoms with Crippen molar-refractivity contribution in [3.05, 3.63) is 47.5 Å². The number of halogens is 1. The van der Waals surface area contributed by atoms with Crippen LogP contribution in [0.2, 0.25) is 0 Å². The maximum Gasteiger partial charge on any atom is 0.244 e. The van der Waals surface area contributed by atoms with Crippen LogP contribution in [-0.2, 0) is 18.4 Å². The van der Waals surface area contributed by atoms with E-state index < -0.39 is 6.04 Å². The first-order valence-corrected chi connectivity index (χ1v) is 7.36. The van der Waals surface area contributed by atoms with Crippen molar-refractivity contribution in [1.29, 1.82) is 0 Å². The van der Waals surface area contributed by atoms with E-state index in [1.54, 1.807) is 28.4 Å². The minimum absolute atomic E-state index is 0.146. The summed E-state index contributed by atoms with van der Waals surface area (Å²) >= 11 is 0. The maximum absolute atomic E-state index is 12.9. The molecule has 120 valence electrons. The first-order chi connectivity index (χ1) is 11.0. The Morgan fingerprint density at radius 2 is 2.00 bits per heavy atom. The number of fused-ring (bicyclic) bond motifs is 1. The van der Waals surface area contributed by atoms with Gasteiger partial charge in [0.25, 0.3) is 0 Å². The Kier molecular flexibility index (Phi) is 3.85. The number of rotatable bonds is 4. The summed E-state index contributed by atoms with van der Waals surface area (Å²) in [6.07, 6.45) is 1.82. The highest BCUT2D eigenvalue weighted by molar-refractivity contribution is 5.81. The van der Waals surface area contributed by atoms with Crippen LogP contribution >= 0.6 is 0 Å². The summed E-state index contributed by atoms with van der Waals surface area (Å²) in [6, 6.07) is 5.61. The third kappa shape index (κ3) is 2.94. The van der Waals surface area contributed by atoms with E-state index in [4.69, 9.17) is 0 Å². The summed E-state index contributed by atoms with van der Waals surface area (Å²) in [5, 5.41) is 11.6. The molecule has 2 heterocycles. The largest absolute Gasteiger partial charge is 0.350 e. The highest BCUT2D eigenvalue weighted by Crippen LogP contribution is 2.17. The van der Waals surface area contributed by atoms with Gasteiger partial charge in [0.2, 0.25) is 5.91 Å². The van der Waals surface area contributed by atoms with Crippen molar-refractivity contribution in [1.82, 2.24) is 24.9 Å². The maximum atomic E-state index is 12.9. The molecule has 0 saturated carbocycles. The first kappa shape index (κ1) is 15.2. The zero-order chi connectivity index (χ0) is 16.6. The van der Waals surface area contributed by atoms with Gasteiger partial charge in [-0.05, 0) is 31.5 Å². The van der Waals surface area contributed by atoms with E-state index in [9.17, 15) is 9.18 Å². The van der Waals surface area contributed by atoms with Gasteiger partial charge in [0.1, 0.15) is 22.9 Å². The molecule has 0 unspecified atom stereocenters. The summed E-state index contributed by atoms with van der Waals surface area (Å²) in [7, 11) is 1.85. The summed E-state index contributed by atoms with van der Waals surface area (Å²) in [6.45, 7) is 4.03. The number of nitrogens with zero attached hydrogens (tertiary/aromatic N) is 4. The first-order valence-electron chi connectivity index (χ1n) is 7.36. The number of aryl methyl sites for hydroxylation is 2. The molecule has 0 aliphatic heterocycles. The van der Waals surface area contributed by atoms with Gasteiger partial charge in [0, 0.05) is 13.6 Å². The normalized spacial score (nSPS) is 12.5. The molecule has 1 N–H and O–H groups in total. The van der Waals surface area contributed by atoms with Crippen molar-refractivity contribution < 1.29 is 9.18 Å². The molecular formula is C16H18FN5O. The average molecular weight is 315 g/mol. The smallest absolute Gasteiger partial charge is 0.244 e. The molecule has 0 aliphatic carbocycles. The van der Waals surface area contributed by atoms with Crippen molar-refractivity contribution in [2.24, 2.45) is 7.05 Å². The average Bonchev–Trinajstić information content (AvgIpc) is 3.08. The van der Waals surface area contributed by atoms with Gasteiger partial charge >= 0.3 is 0 Å². The molecule has 6 nitrogen and oxygen atoms in total. The van der Waals surface area contributed by atoms with Gasteiger partial charge in [-0.15, -0.1) is 0 Å². The summed E-state index contributed by atoms with van der Waals surface area (Å²) < 4.78 is 16.3. The fourth-order valence-electron chi connectivity index (χ4n) is 2.46. The molecule has 7 heteroatoms. The number of aromatic nitrogens is 4. The van der Waals surface area contributed by atoms with Gasteiger partial charge in [-0.25, -0.2) is 4.39 Å². The van der Waals surface area contributed by atoms with Crippen molar-refractivity contribution >= 4 is 16.9 Å². The second-order valence-corrected chi connectivity index (χ2v) is 5.57. The molecule has 0 saturated heterocycles. The molecule has 23 heavy (non-hydrogen) atoms. The number of nitrogens with one attached hydrogen (secondary N) is 1. The SMILES string of the molecule is Cc1nn(C)c2cn([C@@H](C)C(=O)NCc3ccc(F)cc3)nc12. The van der Waals surface area contributed by atoms with Gasteiger partial charge in [-0.2, -0.15) is 10.2 Å². The van der Waals surface area contributed by atoms with Crippen LogP contribution in [0.4, 0.5) is 4.39 Å². The Bertz CT molecular complexity index is 815. The van der Waals surface area contributed by atoms with Crippen LogP contribution in [-0.4, -0.2) is 25.5 Å². The molecule has 0 fully saturated rings. The quantitative estimate of drug-likeness (QED) is 0.802. The van der Waals surface area contributed by atoms with Gasteiger partial charge in [-0.3, -0.25) is 14.2 Å². The summed E-state index contributed by atoms with van der Waals surface area (Å²) in [5.41, 5.74) is 3.36. The lowest BCUT2D eigenvalue weighted by molar-refractivity contribution is -0.124. The second kappa shape index (κ2) is 5.83. The number of benzene rings is 1. The molecule has 0 radical (unpaired) electrons. The Labute approximate surface area is 132 Å². The van der Waals surface area contributed by atoms with Crippen molar-refractivity contribution in [2.45, 2.75) is 26.4 Å². The van der Waals surface area contributed by atoms with Crippen molar-refractivity contribution in [3.63, 3.8) is 0 Å². The Balaban J connectivity index is 1.70. The molecule has 1 aromatic carbocycles. The molecule has 2 aromatic heterocycles. The molecule has 3 rings (SSSR count). The fraction of sp³-hybridized carbons (Fsp3) is 0.312. The van der Waals surface area contributed by atoms with E-state index in [0.717, 1.165) is 22.3 Å². The van der Waals surface area contributed by atoms with E-state index >= 15 is 0 Å². The monoisotopic (exact) mass is 315 g/mol. The third-order valence-corrected chi connectivity index (χ3v) is 3.86. The predicted octanol–water partition coefficient (Wildman–Crippen LogP) is 2.09. The van der Waals surface area contributed by atoms with Crippen LogP contribution in [0.5, 0.6) is 0 Å². The molecule has 1 amide bonds. The number of carbonyl (C=O) groups excluding carboxylic acids is 1. The number of amides is 1. The van der Waals surface area contributed by atoms with Gasteiger partial charge in [0.05, 0.1) is 11.9 Å². The van der Waals surface area contributed by atoms with Crippen LogP contribution in [0.3, 0.4) is 0 Å².